The Morgan fingerprint density at radius 2 is 1.71 bits per heavy atom. The minimum Gasteiger partial charge on any atom is -0.392 e. The Bertz CT molecular complexity index is 1350. The normalized spacial score (nSPS) is 19.4. The number of amides is 2. The monoisotopic (exact) mass is 528 g/mol. The molecule has 0 aliphatic carbocycles. The zero-order chi connectivity index (χ0) is 27.8. The van der Waals surface area contributed by atoms with Crippen LogP contribution in [0.1, 0.15) is 65.0 Å². The minimum absolute atomic E-state index is 0.0614. The molecule has 2 N–H and O–H groups in total. The third-order valence-corrected chi connectivity index (χ3v) is 6.84. The molecular weight excluding hydrogens is 500 g/mol. The Labute approximate surface area is 218 Å². The number of hydrogen-bond donors (Lipinski definition) is 2. The Kier molecular flexibility index (Phi) is 7.34. The highest BCUT2D eigenvalue weighted by Gasteiger charge is 2.53. The number of hydrogen-bond acceptors (Lipinski definition) is 3. The predicted octanol–water partition coefficient (Wildman–Crippen LogP) is 5.52. The lowest BCUT2D eigenvalue weighted by atomic mass is 9.67. The average Bonchev–Trinajstić information content (AvgIpc) is 2.86. The summed E-state index contributed by atoms with van der Waals surface area (Å²) in [5, 5.41) is 12.4. The molecule has 0 spiro atoms. The van der Waals surface area contributed by atoms with Gasteiger partial charge in [0.1, 0.15) is 5.82 Å². The molecule has 0 unspecified atom stereocenters. The van der Waals surface area contributed by atoms with E-state index in [-0.39, 0.29) is 36.2 Å². The number of aliphatic hydroxyl groups excluding tert-OH is 1. The number of fused-ring (bicyclic) bond motifs is 1. The summed E-state index contributed by atoms with van der Waals surface area (Å²) in [7, 11) is 0. The van der Waals surface area contributed by atoms with Gasteiger partial charge in [-0.05, 0) is 67.3 Å². The maximum Gasteiger partial charge on any atom is 0.416 e. The van der Waals surface area contributed by atoms with Crippen molar-refractivity contribution in [3.8, 4) is 0 Å². The summed E-state index contributed by atoms with van der Waals surface area (Å²) in [6, 6.07) is 14.3. The van der Waals surface area contributed by atoms with Crippen LogP contribution in [0.4, 0.5) is 17.6 Å². The first-order chi connectivity index (χ1) is 17.9. The van der Waals surface area contributed by atoms with E-state index < -0.39 is 34.9 Å². The number of carbonyl (C=O) groups is 2. The van der Waals surface area contributed by atoms with E-state index in [9.17, 15) is 32.3 Å². The molecule has 4 rings (SSSR count). The van der Waals surface area contributed by atoms with Gasteiger partial charge in [-0.1, -0.05) is 42.5 Å². The number of aliphatic hydroxyl groups is 1. The first-order valence-electron chi connectivity index (χ1n) is 12.1. The highest BCUT2D eigenvalue weighted by Crippen LogP contribution is 2.48. The number of halogens is 4. The van der Waals surface area contributed by atoms with E-state index in [1.54, 1.807) is 69.3 Å². The van der Waals surface area contributed by atoms with Crippen molar-refractivity contribution >= 4 is 11.8 Å². The summed E-state index contributed by atoms with van der Waals surface area (Å²) in [5.41, 5.74) is -0.712. The molecule has 5 nitrogen and oxygen atoms in total. The van der Waals surface area contributed by atoms with Gasteiger partial charge in [-0.3, -0.25) is 9.59 Å². The third kappa shape index (κ3) is 5.03. The minimum atomic E-state index is -4.78. The zero-order valence-corrected chi connectivity index (χ0v) is 21.1. The highest BCUT2D eigenvalue weighted by molar-refractivity contribution is 6.03. The van der Waals surface area contributed by atoms with E-state index in [0.717, 1.165) is 12.1 Å². The summed E-state index contributed by atoms with van der Waals surface area (Å²) in [4.78, 5) is 29.0. The van der Waals surface area contributed by atoms with E-state index in [0.29, 0.717) is 22.8 Å². The van der Waals surface area contributed by atoms with Gasteiger partial charge in [0.25, 0.3) is 5.91 Å². The molecule has 0 saturated carbocycles. The lowest BCUT2D eigenvalue weighted by molar-refractivity contribution is -0.137. The molecule has 3 aromatic carbocycles. The molecule has 9 heteroatoms. The van der Waals surface area contributed by atoms with Crippen molar-refractivity contribution in [3.63, 3.8) is 0 Å². The number of alkyl halides is 3. The molecule has 3 aromatic rings. The van der Waals surface area contributed by atoms with Crippen molar-refractivity contribution in [2.75, 3.05) is 0 Å². The first kappa shape index (κ1) is 27.3. The maximum absolute atomic E-state index is 14.3. The van der Waals surface area contributed by atoms with Gasteiger partial charge < -0.3 is 15.3 Å². The SMILES string of the molecule is CC(C)NC(=O)[C@@]1(C)c2ccccc2C(=O)N(Cc2cc(F)cc(C(F)(F)F)c2)[C@H]1c1ccc(CO)cc1. The molecule has 0 aromatic heterocycles. The van der Waals surface area contributed by atoms with Gasteiger partial charge in [0.05, 0.1) is 23.6 Å². The van der Waals surface area contributed by atoms with E-state index >= 15 is 0 Å². The first-order valence-corrected chi connectivity index (χ1v) is 12.1. The van der Waals surface area contributed by atoms with Gasteiger partial charge in [-0.25, -0.2) is 4.39 Å². The molecule has 1 aliphatic heterocycles. The van der Waals surface area contributed by atoms with Crippen LogP contribution in [0, 0.1) is 5.82 Å². The quantitative estimate of drug-likeness (QED) is 0.414. The number of carbonyl (C=O) groups excluding carboxylic acids is 2. The van der Waals surface area contributed by atoms with Crippen LogP contribution in [-0.4, -0.2) is 27.9 Å². The average molecular weight is 529 g/mol. The number of nitrogens with zero attached hydrogens (tertiary/aromatic N) is 1. The molecule has 2 atom stereocenters. The highest BCUT2D eigenvalue weighted by atomic mass is 19.4. The molecule has 1 heterocycles. The summed E-state index contributed by atoms with van der Waals surface area (Å²) in [6.07, 6.45) is -4.78. The topological polar surface area (TPSA) is 69.6 Å². The van der Waals surface area contributed by atoms with Gasteiger partial charge in [0.15, 0.2) is 0 Å². The molecule has 38 heavy (non-hydrogen) atoms. The number of rotatable bonds is 6. The summed E-state index contributed by atoms with van der Waals surface area (Å²) >= 11 is 0. The van der Waals surface area contributed by atoms with Crippen molar-refractivity contribution in [3.05, 3.63) is 106 Å². The van der Waals surface area contributed by atoms with Crippen LogP contribution in [0.2, 0.25) is 0 Å². The van der Waals surface area contributed by atoms with Crippen LogP contribution < -0.4 is 5.32 Å². The Hall–Kier alpha value is -3.72. The second-order valence-corrected chi connectivity index (χ2v) is 9.96. The molecule has 1 aliphatic rings. The van der Waals surface area contributed by atoms with E-state index in [2.05, 4.69) is 5.32 Å². The fourth-order valence-corrected chi connectivity index (χ4v) is 5.10. The van der Waals surface area contributed by atoms with Gasteiger partial charge in [0.2, 0.25) is 5.91 Å². The van der Waals surface area contributed by atoms with Crippen LogP contribution in [0.5, 0.6) is 0 Å². The Balaban J connectivity index is 1.94. The molecule has 0 bridgehead atoms. The third-order valence-electron chi connectivity index (χ3n) is 6.84. The number of nitrogens with one attached hydrogen (secondary N) is 1. The Morgan fingerprint density at radius 1 is 1.05 bits per heavy atom. The molecular formula is C29H28F4N2O3. The van der Waals surface area contributed by atoms with Crippen molar-refractivity contribution < 1.29 is 32.3 Å². The van der Waals surface area contributed by atoms with Crippen molar-refractivity contribution in [1.82, 2.24) is 10.2 Å². The van der Waals surface area contributed by atoms with Crippen LogP contribution in [0.15, 0.2) is 66.7 Å². The lowest BCUT2D eigenvalue weighted by Crippen LogP contribution is -2.57. The smallest absolute Gasteiger partial charge is 0.392 e. The second-order valence-electron chi connectivity index (χ2n) is 9.96. The van der Waals surface area contributed by atoms with Gasteiger partial charge in [-0.2, -0.15) is 13.2 Å². The summed E-state index contributed by atoms with van der Waals surface area (Å²) < 4.78 is 54.6. The molecule has 0 saturated heterocycles. The van der Waals surface area contributed by atoms with Crippen LogP contribution in [0.25, 0.3) is 0 Å². The summed E-state index contributed by atoms with van der Waals surface area (Å²) in [6.45, 7) is 4.71. The second kappa shape index (κ2) is 10.2. The van der Waals surface area contributed by atoms with Crippen LogP contribution >= 0.6 is 0 Å². The van der Waals surface area contributed by atoms with E-state index in [1.807, 2.05) is 0 Å². The molecule has 2 amide bonds. The van der Waals surface area contributed by atoms with Crippen molar-refractivity contribution in [1.29, 1.82) is 0 Å². The zero-order valence-electron chi connectivity index (χ0n) is 21.1. The fraction of sp³-hybridized carbons (Fsp3) is 0.310. The lowest BCUT2D eigenvalue weighted by Gasteiger charge is -2.48. The Morgan fingerprint density at radius 3 is 2.32 bits per heavy atom. The maximum atomic E-state index is 14.3. The van der Waals surface area contributed by atoms with Crippen molar-refractivity contribution in [2.24, 2.45) is 0 Å². The van der Waals surface area contributed by atoms with Gasteiger partial charge in [0, 0.05) is 18.2 Å². The van der Waals surface area contributed by atoms with Gasteiger partial charge in [-0.15, -0.1) is 0 Å². The van der Waals surface area contributed by atoms with Gasteiger partial charge >= 0.3 is 6.18 Å². The molecule has 0 fully saturated rings. The van der Waals surface area contributed by atoms with Crippen LogP contribution in [0.3, 0.4) is 0 Å². The van der Waals surface area contributed by atoms with Crippen LogP contribution in [-0.2, 0) is 29.5 Å². The standard InChI is InChI=1S/C29H28F4N2O3/c1-17(2)34-27(38)28(3)24-7-5-4-6-23(24)26(37)35(25(28)20-10-8-18(16-36)9-11-20)15-19-12-21(29(31,32)33)14-22(30)13-19/h4-14,17,25,36H,15-16H2,1-3H3,(H,34,38)/t25-,28-/m0/s1. The molecule has 0 radical (unpaired) electrons. The number of benzene rings is 3. The van der Waals surface area contributed by atoms with E-state index in [4.69, 9.17) is 0 Å². The molecule has 200 valence electrons. The van der Waals surface area contributed by atoms with Crippen molar-refractivity contribution in [2.45, 2.75) is 57.6 Å². The summed E-state index contributed by atoms with van der Waals surface area (Å²) in [5.74, 6) is -1.95. The largest absolute Gasteiger partial charge is 0.416 e. The fourth-order valence-electron chi connectivity index (χ4n) is 5.10. The predicted molar refractivity (Wildman–Crippen MR) is 133 cm³/mol. The van der Waals surface area contributed by atoms with E-state index in [1.165, 1.54) is 4.90 Å².